The molecule has 0 aromatic carbocycles. The Balaban J connectivity index is 0. The van der Waals surface area contributed by atoms with Gasteiger partial charge in [-0.3, -0.25) is 0 Å². The Kier molecular flexibility index (Phi) is 29.0. The first-order valence-corrected chi connectivity index (χ1v) is 32.6. The molecule has 0 amide bonds. The van der Waals surface area contributed by atoms with Crippen molar-refractivity contribution in [3.63, 3.8) is 0 Å². The number of hydrogen-bond acceptors (Lipinski definition) is 0. The van der Waals surface area contributed by atoms with Gasteiger partial charge in [0.1, 0.15) is 0 Å². The van der Waals surface area contributed by atoms with Crippen molar-refractivity contribution < 1.29 is 0 Å². The number of unbranched alkanes of at least 4 members (excludes halogenated alkanes) is 6. The summed E-state index contributed by atoms with van der Waals surface area (Å²) in [6.45, 7) is 22.0. The second kappa shape index (κ2) is 26.1. The number of hydrogen-bond donors (Lipinski definition) is 0. The number of rotatable bonds is 22. The molecule has 0 unspecified atom stereocenters. The molecule has 0 atom stereocenters. The molecule has 0 aromatic rings. The van der Waals surface area contributed by atoms with E-state index in [0.717, 1.165) is 6.54 Å². The zero-order chi connectivity index (χ0) is 26.1. The molecule has 0 aliphatic heterocycles. The molecular weight excluding hydrogens is 640 g/mol. The van der Waals surface area contributed by atoms with Crippen LogP contribution in [0.25, 0.3) is 4.98 Å². The van der Waals surface area contributed by atoms with E-state index >= 15 is 0 Å². The van der Waals surface area contributed by atoms with Crippen molar-refractivity contribution >= 4 is 46.4 Å². The minimum atomic E-state index is -2.02. The van der Waals surface area contributed by atoms with Crippen LogP contribution in [0.4, 0.5) is 0 Å². The Bertz CT molecular complexity index is 393. The third-order valence-electron chi connectivity index (χ3n) is 6.88. The second-order valence-electron chi connectivity index (χ2n) is 11.6. The summed E-state index contributed by atoms with van der Waals surface area (Å²) in [7, 11) is -1.23. The van der Waals surface area contributed by atoms with Crippen LogP contribution in [0.15, 0.2) is 10.2 Å². The van der Waals surface area contributed by atoms with Crippen molar-refractivity contribution in [2.45, 2.75) is 165 Å². The molecule has 0 aromatic heterocycles. The molecule has 0 rings (SSSR count). The van der Waals surface area contributed by atoms with Gasteiger partial charge < -0.3 is 0 Å². The van der Waals surface area contributed by atoms with Crippen LogP contribution < -0.4 is 0 Å². The van der Waals surface area contributed by atoms with Crippen molar-refractivity contribution in [3.05, 3.63) is 15.2 Å². The molecule has 0 saturated heterocycles. The fraction of sp³-hybridized carbons (Fsp3) is 0.933. The minimum absolute atomic E-state index is 0.839. The van der Waals surface area contributed by atoms with Crippen LogP contribution in [-0.2, 0) is 0 Å². The Morgan fingerprint density at radius 2 is 0.941 bits per heavy atom. The van der Waals surface area contributed by atoms with E-state index < -0.39 is 46.4 Å². The zero-order valence-electron chi connectivity index (χ0n) is 25.5. The van der Waals surface area contributed by atoms with Gasteiger partial charge in [-0.05, 0) is 0 Å². The molecule has 4 heteroatoms. The quantitative estimate of drug-likeness (QED) is 0.0995. The molecular formula is C30H67NSiSn2. The van der Waals surface area contributed by atoms with Crippen LogP contribution in [-0.4, -0.2) is 52.9 Å². The van der Waals surface area contributed by atoms with Crippen molar-refractivity contribution in [1.82, 2.24) is 0 Å². The molecule has 0 N–H and O–H groups in total. The van der Waals surface area contributed by atoms with E-state index in [9.17, 15) is 0 Å². The average Bonchev–Trinajstić information content (AvgIpc) is 2.81. The topological polar surface area (TPSA) is 14.1 Å². The van der Waals surface area contributed by atoms with Crippen molar-refractivity contribution in [3.8, 4) is 0 Å². The fourth-order valence-corrected chi connectivity index (χ4v) is 28.9. The van der Waals surface area contributed by atoms with Gasteiger partial charge in [0.25, 0.3) is 0 Å². The standard InChI is InChI=1S/C6H13NSi.6C4H9.2Sn/c1-5-6-7-8(2,3)4;6*1-3-4-2;;/h1,5H,6H2,2-4H3;6*1,3-4H2,2H3;;/q-1;;;;;;;;+1. The average molecular weight is 707 g/mol. The van der Waals surface area contributed by atoms with E-state index in [1.54, 1.807) is 26.6 Å². The SMILES string of the molecule is CCC[CH2][Sn+]([CH2]CCC)[CH2]CCC.CCC[CH2][Sn](/[CH]=C\C[N-][Si](C)(C)C)([CH2]CCC)[CH2]CCC. The van der Waals surface area contributed by atoms with Crippen LogP contribution in [0.5, 0.6) is 0 Å². The van der Waals surface area contributed by atoms with Gasteiger partial charge in [0.2, 0.25) is 0 Å². The fourth-order valence-electron chi connectivity index (χ4n) is 4.50. The van der Waals surface area contributed by atoms with Crippen LogP contribution in [0.1, 0.15) is 119 Å². The molecule has 0 bridgehead atoms. The maximum atomic E-state index is 4.89. The molecule has 0 radical (unpaired) electrons. The van der Waals surface area contributed by atoms with E-state index in [0.29, 0.717) is 0 Å². The van der Waals surface area contributed by atoms with Crippen molar-refractivity contribution in [1.29, 1.82) is 0 Å². The van der Waals surface area contributed by atoms with E-state index in [4.69, 9.17) is 4.98 Å². The van der Waals surface area contributed by atoms with Crippen LogP contribution in [0, 0.1) is 0 Å². The van der Waals surface area contributed by atoms with Gasteiger partial charge >= 0.3 is 233 Å². The zero-order valence-corrected chi connectivity index (χ0v) is 32.2. The molecule has 0 heterocycles. The van der Waals surface area contributed by atoms with E-state index in [1.807, 2.05) is 0 Å². The predicted octanol–water partition coefficient (Wildman–Crippen LogP) is 12.0. The molecule has 34 heavy (non-hydrogen) atoms. The summed E-state index contributed by atoms with van der Waals surface area (Å²) in [4.78, 5) is 4.89. The van der Waals surface area contributed by atoms with Gasteiger partial charge in [0, 0.05) is 0 Å². The molecule has 204 valence electrons. The van der Waals surface area contributed by atoms with Crippen molar-refractivity contribution in [2.24, 2.45) is 0 Å². The molecule has 0 saturated carbocycles. The third kappa shape index (κ3) is 25.2. The third-order valence-corrected chi connectivity index (χ3v) is 31.3. The Hall–Kier alpha value is 1.51. The first-order valence-electron chi connectivity index (χ1n) is 15.4. The summed E-state index contributed by atoms with van der Waals surface area (Å²) in [5.41, 5.74) is 0. The van der Waals surface area contributed by atoms with Gasteiger partial charge in [-0.2, -0.15) is 0 Å². The summed E-state index contributed by atoms with van der Waals surface area (Å²) in [6.07, 6.45) is 19.8. The van der Waals surface area contributed by atoms with Gasteiger partial charge in [-0.15, -0.1) is 0 Å². The van der Waals surface area contributed by atoms with Gasteiger partial charge in [0.05, 0.1) is 0 Å². The summed E-state index contributed by atoms with van der Waals surface area (Å²) in [5, 5.41) is 0. The summed E-state index contributed by atoms with van der Waals surface area (Å²) in [5.74, 6) is 0. The van der Waals surface area contributed by atoms with Crippen LogP contribution in [0.3, 0.4) is 0 Å². The van der Waals surface area contributed by atoms with Gasteiger partial charge in [-0.25, -0.2) is 0 Å². The number of nitrogens with zero attached hydrogens (tertiary/aromatic N) is 1. The van der Waals surface area contributed by atoms with E-state index in [1.165, 1.54) is 77.0 Å². The van der Waals surface area contributed by atoms with Crippen LogP contribution in [0.2, 0.25) is 46.3 Å². The first-order chi connectivity index (χ1) is 16.2. The molecule has 0 aliphatic rings. The Labute approximate surface area is 231 Å². The normalized spacial score (nSPS) is 12.1. The van der Waals surface area contributed by atoms with Gasteiger partial charge in [0.15, 0.2) is 0 Å². The Morgan fingerprint density at radius 1 is 0.588 bits per heavy atom. The monoisotopic (exact) mass is 709 g/mol. The maximum absolute atomic E-state index is 4.89. The molecule has 0 fully saturated rings. The summed E-state index contributed by atoms with van der Waals surface area (Å²) >= 11 is -2.86. The molecule has 0 aliphatic carbocycles. The van der Waals surface area contributed by atoms with Crippen LogP contribution >= 0.6 is 0 Å². The van der Waals surface area contributed by atoms with Gasteiger partial charge in [-0.1, -0.05) is 0 Å². The summed E-state index contributed by atoms with van der Waals surface area (Å²) in [6, 6.07) is 0. The van der Waals surface area contributed by atoms with E-state index in [2.05, 4.69) is 71.4 Å². The predicted molar refractivity (Wildman–Crippen MR) is 171 cm³/mol. The van der Waals surface area contributed by atoms with E-state index in [-0.39, 0.29) is 0 Å². The first kappa shape index (κ1) is 37.7. The molecule has 1 nitrogen and oxygen atoms in total. The summed E-state index contributed by atoms with van der Waals surface area (Å²) < 4.78 is 12.5. The second-order valence-corrected chi connectivity index (χ2v) is 37.9. The van der Waals surface area contributed by atoms with Crippen molar-refractivity contribution in [2.75, 3.05) is 6.54 Å². The Morgan fingerprint density at radius 3 is 1.24 bits per heavy atom. The molecule has 0 spiro atoms.